The van der Waals surface area contributed by atoms with Crippen molar-refractivity contribution in [2.75, 3.05) is 19.6 Å². The van der Waals surface area contributed by atoms with Gasteiger partial charge in [-0.2, -0.15) is 0 Å². The summed E-state index contributed by atoms with van der Waals surface area (Å²) >= 11 is 0. The van der Waals surface area contributed by atoms with Gasteiger partial charge in [-0.05, 0) is 104 Å². The number of hydrogen-bond donors (Lipinski definition) is 0. The fourth-order valence-corrected chi connectivity index (χ4v) is 7.72. The predicted octanol–water partition coefficient (Wildman–Crippen LogP) is 7.27. The van der Waals surface area contributed by atoms with Crippen molar-refractivity contribution < 1.29 is 28.3 Å². The van der Waals surface area contributed by atoms with Gasteiger partial charge in [0.25, 0.3) is 5.91 Å². The molecule has 0 radical (unpaired) electrons. The SMILES string of the molecule is CCC[C@H]1CCN(C(=O)OC(C)(C)C)[C@@H]1C(=O)N1CCC(C(=O)c2cn(-c3ccc(F)cc3C(=O)N(C(C)C)C(C)C)c3cnccc23)CC1. The lowest BCUT2D eigenvalue weighted by atomic mass is 9.88. The lowest BCUT2D eigenvalue weighted by molar-refractivity contribution is -0.138. The zero-order valence-corrected chi connectivity index (χ0v) is 30.7. The molecule has 2 aromatic heterocycles. The number of Topliss-reactive ketones (excluding diaryl/α,β-unsaturated/α-hetero) is 1. The number of benzene rings is 1. The molecule has 0 unspecified atom stereocenters. The molecule has 5 rings (SSSR count). The van der Waals surface area contributed by atoms with Crippen molar-refractivity contribution >= 4 is 34.6 Å². The van der Waals surface area contributed by atoms with Gasteiger partial charge in [0.15, 0.2) is 5.78 Å². The van der Waals surface area contributed by atoms with E-state index in [9.17, 15) is 23.6 Å². The summed E-state index contributed by atoms with van der Waals surface area (Å²) in [6, 6.07) is 5.14. The fourth-order valence-electron chi connectivity index (χ4n) is 7.72. The third-order valence-corrected chi connectivity index (χ3v) is 9.91. The number of ketones is 1. The molecule has 2 fully saturated rings. The molecule has 2 atom stereocenters. The number of carbonyl (C=O) groups excluding carboxylic acids is 4. The van der Waals surface area contributed by atoms with E-state index in [0.717, 1.165) is 19.3 Å². The second kappa shape index (κ2) is 14.9. The Kier molecular flexibility index (Phi) is 11.0. The zero-order valence-electron chi connectivity index (χ0n) is 30.7. The van der Waals surface area contributed by atoms with Gasteiger partial charge in [-0.15, -0.1) is 0 Å². The molecule has 50 heavy (non-hydrogen) atoms. The molecule has 0 bridgehead atoms. The number of pyridine rings is 1. The van der Waals surface area contributed by atoms with Gasteiger partial charge in [0.05, 0.1) is 23.0 Å². The molecule has 0 N–H and O–H groups in total. The van der Waals surface area contributed by atoms with Crippen LogP contribution in [0.5, 0.6) is 0 Å². The Bertz CT molecular complexity index is 1730. The number of amides is 3. The van der Waals surface area contributed by atoms with Crippen molar-refractivity contribution in [1.82, 2.24) is 24.3 Å². The smallest absolute Gasteiger partial charge is 0.410 e. The third-order valence-electron chi connectivity index (χ3n) is 9.91. The van der Waals surface area contributed by atoms with Crippen LogP contribution in [-0.4, -0.2) is 91.3 Å². The Morgan fingerprint density at radius 1 is 0.980 bits per heavy atom. The van der Waals surface area contributed by atoms with Crippen LogP contribution in [0.25, 0.3) is 16.6 Å². The minimum Gasteiger partial charge on any atom is -0.444 e. The second-order valence-electron chi connectivity index (χ2n) is 15.3. The Morgan fingerprint density at radius 2 is 1.66 bits per heavy atom. The van der Waals surface area contributed by atoms with Gasteiger partial charge in [0.2, 0.25) is 5.91 Å². The summed E-state index contributed by atoms with van der Waals surface area (Å²) in [7, 11) is 0. The summed E-state index contributed by atoms with van der Waals surface area (Å²) in [6.45, 7) is 16.6. The molecule has 11 heteroatoms. The summed E-state index contributed by atoms with van der Waals surface area (Å²) in [5, 5.41) is 0.692. The summed E-state index contributed by atoms with van der Waals surface area (Å²) in [4.78, 5) is 64.6. The van der Waals surface area contributed by atoms with Crippen LogP contribution in [0.4, 0.5) is 9.18 Å². The number of rotatable bonds is 9. The van der Waals surface area contributed by atoms with Crippen LogP contribution in [0.2, 0.25) is 0 Å². The lowest BCUT2D eigenvalue weighted by Crippen LogP contribution is -2.53. The summed E-state index contributed by atoms with van der Waals surface area (Å²) in [5.41, 5.74) is 1.13. The maximum Gasteiger partial charge on any atom is 0.410 e. The monoisotopic (exact) mass is 689 g/mol. The van der Waals surface area contributed by atoms with Crippen LogP contribution in [0.15, 0.2) is 42.9 Å². The highest BCUT2D eigenvalue weighted by atomic mass is 19.1. The minimum atomic E-state index is -0.665. The van der Waals surface area contributed by atoms with Crippen molar-refractivity contribution in [2.45, 2.75) is 111 Å². The van der Waals surface area contributed by atoms with Crippen molar-refractivity contribution in [2.24, 2.45) is 11.8 Å². The Labute approximate surface area is 294 Å². The van der Waals surface area contributed by atoms with E-state index < -0.39 is 23.6 Å². The molecule has 4 heterocycles. The molecule has 2 saturated heterocycles. The van der Waals surface area contributed by atoms with E-state index in [4.69, 9.17) is 4.74 Å². The van der Waals surface area contributed by atoms with Crippen molar-refractivity contribution in [3.05, 3.63) is 59.8 Å². The molecule has 0 saturated carbocycles. The average Bonchev–Trinajstić information content (AvgIpc) is 3.65. The van der Waals surface area contributed by atoms with E-state index in [-0.39, 0.29) is 47.1 Å². The van der Waals surface area contributed by atoms with Gasteiger partial charge < -0.3 is 19.1 Å². The van der Waals surface area contributed by atoms with Crippen LogP contribution >= 0.6 is 0 Å². The number of carbonyl (C=O) groups is 4. The number of aromatic nitrogens is 2. The van der Waals surface area contributed by atoms with E-state index in [1.807, 2.05) is 48.5 Å². The first-order valence-corrected chi connectivity index (χ1v) is 18.0. The second-order valence-corrected chi connectivity index (χ2v) is 15.3. The van der Waals surface area contributed by atoms with E-state index in [0.29, 0.717) is 54.6 Å². The summed E-state index contributed by atoms with van der Waals surface area (Å²) < 4.78 is 22.1. The third kappa shape index (κ3) is 7.56. The Balaban J connectivity index is 1.39. The minimum absolute atomic E-state index is 0.0480. The molecule has 3 amide bonds. The van der Waals surface area contributed by atoms with Crippen molar-refractivity contribution in [1.29, 1.82) is 0 Å². The molecular weight excluding hydrogens is 637 g/mol. The van der Waals surface area contributed by atoms with Gasteiger partial charge in [0, 0.05) is 61.0 Å². The maximum absolute atomic E-state index is 14.7. The number of nitrogens with zero attached hydrogens (tertiary/aromatic N) is 5. The van der Waals surface area contributed by atoms with E-state index in [2.05, 4.69) is 11.9 Å². The molecule has 0 spiro atoms. The van der Waals surface area contributed by atoms with Gasteiger partial charge in [-0.25, -0.2) is 9.18 Å². The number of piperidine rings is 1. The zero-order chi connectivity index (χ0) is 36.5. The van der Waals surface area contributed by atoms with Crippen LogP contribution in [0.3, 0.4) is 0 Å². The Morgan fingerprint density at radius 3 is 2.28 bits per heavy atom. The molecule has 270 valence electrons. The highest BCUT2D eigenvalue weighted by Gasteiger charge is 2.45. The lowest BCUT2D eigenvalue weighted by Gasteiger charge is -2.37. The topological polar surface area (TPSA) is 105 Å². The number of fused-ring (bicyclic) bond motifs is 1. The standard InChI is InChI=1S/C39H52FN5O5/c1-9-10-26-16-20-43(38(49)50-39(6,7)8)34(26)37(48)42-18-14-27(15-19-42)35(46)31-23-44(33-22-41-17-13-29(31)33)32-12-11-28(40)21-30(32)36(47)45(24(2)3)25(4)5/h11-13,17,21-27,34H,9-10,14-16,18-20H2,1-8H3/t26-,34-/m0/s1. The molecule has 1 aromatic carbocycles. The number of ether oxygens (including phenoxy) is 1. The van der Waals surface area contributed by atoms with E-state index >= 15 is 0 Å². The molecule has 3 aromatic rings. The van der Waals surface area contributed by atoms with Crippen molar-refractivity contribution in [3.63, 3.8) is 0 Å². The predicted molar refractivity (Wildman–Crippen MR) is 191 cm³/mol. The maximum atomic E-state index is 14.7. The van der Waals surface area contributed by atoms with Crippen LogP contribution < -0.4 is 0 Å². The average molecular weight is 690 g/mol. The summed E-state index contributed by atoms with van der Waals surface area (Å²) in [5.74, 6) is -1.21. The van der Waals surface area contributed by atoms with Crippen LogP contribution in [0.1, 0.15) is 108 Å². The molecule has 2 aliphatic heterocycles. The molecular formula is C39H52FN5O5. The molecule has 0 aliphatic carbocycles. The number of hydrogen-bond acceptors (Lipinski definition) is 6. The highest BCUT2D eigenvalue weighted by Crippen LogP contribution is 2.34. The van der Waals surface area contributed by atoms with Crippen LogP contribution in [0, 0.1) is 17.7 Å². The van der Waals surface area contributed by atoms with E-state index in [1.165, 1.54) is 12.1 Å². The van der Waals surface area contributed by atoms with Gasteiger partial charge in [-0.1, -0.05) is 13.3 Å². The number of likely N-dealkylation sites (tertiary alicyclic amines) is 2. The van der Waals surface area contributed by atoms with Crippen LogP contribution in [-0.2, 0) is 9.53 Å². The normalized spacial score (nSPS) is 18.7. The first kappa shape index (κ1) is 37.0. The quantitative estimate of drug-likeness (QED) is 0.219. The fraction of sp³-hybridized carbons (Fsp3) is 0.564. The van der Waals surface area contributed by atoms with Crippen molar-refractivity contribution in [3.8, 4) is 5.69 Å². The Hall–Kier alpha value is -4.28. The van der Waals surface area contributed by atoms with Gasteiger partial charge in [-0.3, -0.25) is 24.3 Å². The van der Waals surface area contributed by atoms with Gasteiger partial charge in [0.1, 0.15) is 17.5 Å². The first-order valence-electron chi connectivity index (χ1n) is 18.0. The molecule has 10 nitrogen and oxygen atoms in total. The number of halogens is 1. The largest absolute Gasteiger partial charge is 0.444 e. The first-order chi connectivity index (χ1) is 23.6. The molecule has 2 aliphatic rings. The highest BCUT2D eigenvalue weighted by molar-refractivity contribution is 6.10. The van der Waals surface area contributed by atoms with E-state index in [1.54, 1.807) is 50.0 Å². The summed E-state index contributed by atoms with van der Waals surface area (Å²) in [6.07, 6.45) is 8.04. The van der Waals surface area contributed by atoms with Gasteiger partial charge >= 0.3 is 6.09 Å².